The van der Waals surface area contributed by atoms with Crippen LogP contribution in [-0.4, -0.2) is 23.4 Å². The van der Waals surface area contributed by atoms with Crippen LogP contribution in [0.4, 0.5) is 26.3 Å². The number of hydrogen-bond acceptors (Lipinski definition) is 1. The first-order valence-corrected chi connectivity index (χ1v) is 3.54. The standard InChI is InChI=1S/C7H6F6O2/c1-2-3(5(14)15)4(6(8,9)10)7(11,12)13/h2,4H,1H3,(H,14,15). The van der Waals surface area contributed by atoms with Crippen LogP contribution in [0.5, 0.6) is 0 Å². The van der Waals surface area contributed by atoms with Gasteiger partial charge < -0.3 is 5.11 Å². The molecular formula is C7H6F6O2. The molecule has 0 saturated heterocycles. The third-order valence-electron chi connectivity index (χ3n) is 1.52. The van der Waals surface area contributed by atoms with E-state index < -0.39 is 29.8 Å². The molecular weight excluding hydrogens is 230 g/mol. The molecule has 1 N–H and O–H groups in total. The first kappa shape index (κ1) is 13.8. The van der Waals surface area contributed by atoms with Gasteiger partial charge >= 0.3 is 18.3 Å². The van der Waals surface area contributed by atoms with Gasteiger partial charge in [-0.25, -0.2) is 4.79 Å². The average molecular weight is 236 g/mol. The fourth-order valence-corrected chi connectivity index (χ4v) is 0.952. The largest absolute Gasteiger partial charge is 0.478 e. The zero-order chi connectivity index (χ0) is 12.4. The van der Waals surface area contributed by atoms with Crippen LogP contribution in [-0.2, 0) is 4.79 Å². The van der Waals surface area contributed by atoms with E-state index in [1.54, 1.807) is 0 Å². The van der Waals surface area contributed by atoms with Crippen molar-refractivity contribution in [2.24, 2.45) is 5.92 Å². The zero-order valence-electron chi connectivity index (χ0n) is 7.28. The minimum atomic E-state index is -5.67. The molecule has 0 saturated carbocycles. The molecule has 15 heavy (non-hydrogen) atoms. The molecule has 0 amide bonds. The predicted molar refractivity (Wildman–Crippen MR) is 37.0 cm³/mol. The van der Waals surface area contributed by atoms with Gasteiger partial charge in [0.15, 0.2) is 5.92 Å². The third kappa shape index (κ3) is 3.45. The monoisotopic (exact) mass is 236 g/mol. The molecule has 0 atom stereocenters. The Balaban J connectivity index is 5.41. The number of carboxylic acid groups (broad SMARTS) is 1. The molecule has 0 aliphatic rings. The lowest BCUT2D eigenvalue weighted by molar-refractivity contribution is -0.271. The van der Waals surface area contributed by atoms with Crippen molar-refractivity contribution in [2.75, 3.05) is 0 Å². The quantitative estimate of drug-likeness (QED) is 0.591. The maximum absolute atomic E-state index is 12.0. The lowest BCUT2D eigenvalue weighted by Gasteiger charge is -2.23. The first-order chi connectivity index (χ1) is 6.51. The Kier molecular flexibility index (Phi) is 3.78. The first-order valence-electron chi connectivity index (χ1n) is 3.54. The second kappa shape index (κ2) is 4.11. The van der Waals surface area contributed by atoms with Crippen molar-refractivity contribution >= 4 is 5.97 Å². The Hall–Kier alpha value is -1.21. The number of carbonyl (C=O) groups is 1. The second-order valence-corrected chi connectivity index (χ2v) is 2.57. The summed E-state index contributed by atoms with van der Waals surface area (Å²) in [4.78, 5) is 10.2. The van der Waals surface area contributed by atoms with E-state index in [-0.39, 0.29) is 6.08 Å². The van der Waals surface area contributed by atoms with Gasteiger partial charge in [-0.2, -0.15) is 26.3 Å². The van der Waals surface area contributed by atoms with Crippen molar-refractivity contribution in [3.05, 3.63) is 11.6 Å². The summed E-state index contributed by atoms with van der Waals surface area (Å²) in [6.07, 6.45) is -11.1. The Morgan fingerprint density at radius 3 is 1.53 bits per heavy atom. The van der Waals surface area contributed by atoms with Crippen LogP contribution in [0.1, 0.15) is 6.92 Å². The van der Waals surface area contributed by atoms with Gasteiger partial charge in [-0.1, -0.05) is 6.08 Å². The van der Waals surface area contributed by atoms with Crippen LogP contribution >= 0.6 is 0 Å². The van der Waals surface area contributed by atoms with E-state index in [1.807, 2.05) is 0 Å². The highest BCUT2D eigenvalue weighted by Gasteiger charge is 2.59. The fraction of sp³-hybridized carbons (Fsp3) is 0.571. The average Bonchev–Trinajstić information content (AvgIpc) is 1.93. The molecule has 0 aromatic rings. The number of rotatable bonds is 2. The van der Waals surface area contributed by atoms with Crippen LogP contribution < -0.4 is 0 Å². The number of allylic oxidation sites excluding steroid dienone is 1. The highest BCUT2D eigenvalue weighted by molar-refractivity contribution is 5.87. The Bertz CT molecular complexity index is 260. The molecule has 0 aliphatic heterocycles. The Morgan fingerprint density at radius 1 is 1.13 bits per heavy atom. The summed E-state index contributed by atoms with van der Waals surface area (Å²) < 4.78 is 71.9. The van der Waals surface area contributed by atoms with Crippen LogP contribution in [0.3, 0.4) is 0 Å². The van der Waals surface area contributed by atoms with E-state index in [0.29, 0.717) is 0 Å². The van der Waals surface area contributed by atoms with Gasteiger partial charge in [0.2, 0.25) is 0 Å². The van der Waals surface area contributed by atoms with Crippen molar-refractivity contribution in [3.63, 3.8) is 0 Å². The van der Waals surface area contributed by atoms with Crippen LogP contribution in [0.25, 0.3) is 0 Å². The normalized spacial score (nSPS) is 14.5. The van der Waals surface area contributed by atoms with Gasteiger partial charge in [-0.3, -0.25) is 0 Å². The molecule has 0 spiro atoms. The minimum Gasteiger partial charge on any atom is -0.478 e. The van der Waals surface area contributed by atoms with Gasteiger partial charge in [-0.05, 0) is 6.92 Å². The van der Waals surface area contributed by atoms with E-state index in [2.05, 4.69) is 0 Å². The van der Waals surface area contributed by atoms with Crippen LogP contribution in [0.2, 0.25) is 0 Å². The van der Waals surface area contributed by atoms with Crippen molar-refractivity contribution in [2.45, 2.75) is 19.3 Å². The van der Waals surface area contributed by atoms with Gasteiger partial charge in [0.1, 0.15) is 0 Å². The van der Waals surface area contributed by atoms with Gasteiger partial charge in [-0.15, -0.1) is 0 Å². The van der Waals surface area contributed by atoms with Crippen LogP contribution in [0, 0.1) is 5.92 Å². The molecule has 8 heteroatoms. The minimum absolute atomic E-state index is 0.286. The smallest absolute Gasteiger partial charge is 0.404 e. The highest BCUT2D eigenvalue weighted by Crippen LogP contribution is 2.43. The predicted octanol–water partition coefficient (Wildman–Crippen LogP) is 2.76. The number of alkyl halides is 6. The van der Waals surface area contributed by atoms with E-state index in [9.17, 15) is 31.1 Å². The van der Waals surface area contributed by atoms with Crippen molar-refractivity contribution in [1.29, 1.82) is 0 Å². The van der Waals surface area contributed by atoms with Crippen LogP contribution in [0.15, 0.2) is 11.6 Å². The summed E-state index contributed by atoms with van der Waals surface area (Å²) in [6.45, 7) is 0.800. The fourth-order valence-electron chi connectivity index (χ4n) is 0.952. The van der Waals surface area contributed by atoms with Gasteiger partial charge in [0.25, 0.3) is 0 Å². The van der Waals surface area contributed by atoms with Gasteiger partial charge in [0.05, 0.1) is 5.57 Å². The maximum atomic E-state index is 12.0. The van der Waals surface area contributed by atoms with Crippen molar-refractivity contribution in [3.8, 4) is 0 Å². The molecule has 0 radical (unpaired) electrons. The van der Waals surface area contributed by atoms with Crippen molar-refractivity contribution in [1.82, 2.24) is 0 Å². The maximum Gasteiger partial charge on any atom is 0.404 e. The van der Waals surface area contributed by atoms with E-state index in [0.717, 1.165) is 6.92 Å². The van der Waals surface area contributed by atoms with Gasteiger partial charge in [0, 0.05) is 0 Å². The lowest BCUT2D eigenvalue weighted by Crippen LogP contribution is -2.39. The van der Waals surface area contributed by atoms with E-state index >= 15 is 0 Å². The zero-order valence-corrected chi connectivity index (χ0v) is 7.28. The number of aliphatic carboxylic acids is 1. The van der Waals surface area contributed by atoms with E-state index in [4.69, 9.17) is 5.11 Å². The van der Waals surface area contributed by atoms with Crippen molar-refractivity contribution < 1.29 is 36.2 Å². The summed E-state index contributed by atoms with van der Waals surface area (Å²) >= 11 is 0. The summed E-state index contributed by atoms with van der Waals surface area (Å²) in [5.41, 5.74) is -1.73. The molecule has 0 rings (SSSR count). The number of halogens is 6. The summed E-state index contributed by atoms with van der Waals surface area (Å²) in [5.74, 6) is -6.19. The molecule has 0 heterocycles. The second-order valence-electron chi connectivity index (χ2n) is 2.57. The molecule has 0 bridgehead atoms. The third-order valence-corrected chi connectivity index (χ3v) is 1.52. The number of carboxylic acids is 1. The Morgan fingerprint density at radius 2 is 1.47 bits per heavy atom. The molecule has 0 fully saturated rings. The SMILES string of the molecule is CC=C(C(=O)O)C(C(F)(F)F)C(F)(F)F. The molecule has 2 nitrogen and oxygen atoms in total. The highest BCUT2D eigenvalue weighted by atomic mass is 19.4. The summed E-state index contributed by atoms with van der Waals surface area (Å²) in [7, 11) is 0. The molecule has 0 aromatic carbocycles. The lowest BCUT2D eigenvalue weighted by atomic mass is 9.97. The topological polar surface area (TPSA) is 37.3 Å². The van der Waals surface area contributed by atoms with E-state index in [1.165, 1.54) is 0 Å². The molecule has 0 aliphatic carbocycles. The molecule has 88 valence electrons. The summed E-state index contributed by atoms with van der Waals surface area (Å²) in [5, 5.41) is 8.20. The number of hydrogen-bond donors (Lipinski definition) is 1. The molecule has 0 unspecified atom stereocenters. The molecule has 0 aromatic heterocycles. The Labute approximate surface area is 80.2 Å². The summed E-state index contributed by atoms with van der Waals surface area (Å²) in [6, 6.07) is 0.